The van der Waals surface area contributed by atoms with E-state index in [-0.39, 0.29) is 41.9 Å². The fraction of sp³-hybridized carbons (Fsp3) is 0.963. The van der Waals surface area contributed by atoms with Gasteiger partial charge in [0.1, 0.15) is 42.7 Å². The average Bonchev–Trinajstić information content (AvgIpc) is 2.95. The van der Waals surface area contributed by atoms with E-state index < -0.39 is 92.3 Å². The van der Waals surface area contributed by atoms with Gasteiger partial charge in [-0.2, -0.15) is 0 Å². The summed E-state index contributed by atoms with van der Waals surface area (Å²) in [6.45, 7) is 0.920. The van der Waals surface area contributed by atoms with Crippen LogP contribution < -0.4 is 34.7 Å². The zero-order valence-corrected chi connectivity index (χ0v) is 25.9. The van der Waals surface area contributed by atoms with Gasteiger partial charge < -0.3 is 64.2 Å². The molecule has 2 heterocycles. The number of hydrogen-bond acceptors (Lipinski definition) is 13. The molecule has 2 aliphatic heterocycles. The molecule has 13 nitrogen and oxygen atoms in total. The van der Waals surface area contributed by atoms with Crippen LogP contribution >= 0.6 is 0 Å². The molecule has 2 aliphatic carbocycles. The number of ether oxygens (including phenoxy) is 5. The second-order valence-corrected chi connectivity index (χ2v) is 11.7. The van der Waals surface area contributed by atoms with Gasteiger partial charge in [-0.1, -0.05) is 44.9 Å². The van der Waals surface area contributed by atoms with Crippen molar-refractivity contribution in [2.24, 2.45) is 5.92 Å². The number of carboxylic acids is 1. The number of carbonyl (C=O) groups is 1. The summed E-state index contributed by atoms with van der Waals surface area (Å²) in [7, 11) is 0. The first-order valence-electron chi connectivity index (χ1n) is 14.6. The largest absolute Gasteiger partial charge is 1.00 e. The third kappa shape index (κ3) is 8.82. The second kappa shape index (κ2) is 16.4. The number of rotatable bonds is 10. The van der Waals surface area contributed by atoms with Gasteiger partial charge in [0.15, 0.2) is 12.6 Å². The van der Waals surface area contributed by atoms with E-state index in [1.165, 1.54) is 0 Å². The van der Waals surface area contributed by atoms with Crippen LogP contribution in [-0.2, 0) is 28.5 Å². The maximum absolute atomic E-state index is 11.9. The summed E-state index contributed by atoms with van der Waals surface area (Å²) >= 11 is 0. The van der Waals surface area contributed by atoms with E-state index in [9.17, 15) is 40.5 Å². The van der Waals surface area contributed by atoms with Gasteiger partial charge in [0.05, 0.1) is 37.0 Å². The molecule has 2 saturated carbocycles. The molecule has 0 spiro atoms. The summed E-state index contributed by atoms with van der Waals surface area (Å²) in [5.74, 6) is -1.31. The first kappa shape index (κ1) is 35.5. The Labute approximate surface area is 262 Å². The van der Waals surface area contributed by atoms with Crippen LogP contribution in [0.3, 0.4) is 0 Å². The number of aliphatic hydroxyl groups is 6. The van der Waals surface area contributed by atoms with E-state index in [2.05, 4.69) is 0 Å². The van der Waals surface area contributed by atoms with Crippen molar-refractivity contribution in [1.29, 1.82) is 0 Å². The molecule has 232 valence electrons. The second-order valence-electron chi connectivity index (χ2n) is 11.7. The van der Waals surface area contributed by atoms with Gasteiger partial charge >= 0.3 is 29.6 Å². The Balaban J connectivity index is 0.00000462. The molecule has 4 rings (SSSR count). The monoisotopic (exact) mass is 600 g/mol. The maximum Gasteiger partial charge on any atom is 1.00 e. The number of aliphatic hydroxyl groups excluding tert-OH is 6. The minimum Gasteiger partial charge on any atom is -0.547 e. The quantitative estimate of drug-likeness (QED) is 0.130. The smallest absolute Gasteiger partial charge is 0.547 e. The van der Waals surface area contributed by atoms with Crippen LogP contribution in [0, 0.1) is 5.92 Å². The van der Waals surface area contributed by atoms with Crippen molar-refractivity contribution in [3.63, 3.8) is 0 Å². The first-order chi connectivity index (χ1) is 19.1. The zero-order valence-electron chi connectivity index (χ0n) is 23.9. The van der Waals surface area contributed by atoms with Gasteiger partial charge in [0.2, 0.25) is 0 Å². The van der Waals surface area contributed by atoms with Crippen molar-refractivity contribution in [2.45, 2.75) is 151 Å². The van der Waals surface area contributed by atoms with Crippen LogP contribution in [0.2, 0.25) is 0 Å². The topological polar surface area (TPSA) is 208 Å². The third-order valence-electron chi connectivity index (χ3n) is 8.75. The molecule has 41 heavy (non-hydrogen) atoms. The van der Waals surface area contributed by atoms with E-state index in [0.29, 0.717) is 12.8 Å². The fourth-order valence-corrected chi connectivity index (χ4v) is 6.29. The van der Waals surface area contributed by atoms with Gasteiger partial charge in [-0.25, -0.2) is 0 Å². The van der Waals surface area contributed by atoms with Crippen molar-refractivity contribution < 1.29 is 93.8 Å². The molecule has 0 unspecified atom stereocenters. The first-order valence-corrected chi connectivity index (χ1v) is 14.6. The molecule has 0 amide bonds. The SMILES string of the molecule is C[C@@H]1O[C@@H](O[C@@H]2CCCC[C@H]2O[C@@H]2O[C@@H](CO)[C@H](O)[C@H](O[C@@H](CC3CCCCC3)C(=O)[O-])[C@@H]2O)[C@@H](O)[C@@H](O)[C@@H]1O.[Na+]. The molecule has 14 heteroatoms. The van der Waals surface area contributed by atoms with E-state index in [1.54, 1.807) is 6.92 Å². The average molecular weight is 601 g/mol. The Bertz CT molecular complexity index is 801. The van der Waals surface area contributed by atoms with E-state index >= 15 is 0 Å². The third-order valence-corrected chi connectivity index (χ3v) is 8.75. The van der Waals surface area contributed by atoms with Crippen molar-refractivity contribution in [3.05, 3.63) is 0 Å². The molecule has 0 aromatic carbocycles. The van der Waals surface area contributed by atoms with Crippen LogP contribution in [0.4, 0.5) is 0 Å². The van der Waals surface area contributed by atoms with Gasteiger partial charge in [-0.3, -0.25) is 0 Å². The Hall–Kier alpha value is 0.0300. The zero-order chi connectivity index (χ0) is 29.0. The normalized spacial score (nSPS) is 43.2. The fourth-order valence-electron chi connectivity index (χ4n) is 6.29. The molecule has 4 aliphatic rings. The Kier molecular flexibility index (Phi) is 14.2. The molecule has 6 N–H and O–H groups in total. The van der Waals surface area contributed by atoms with E-state index in [0.717, 1.165) is 44.9 Å². The Morgan fingerprint density at radius 1 is 0.805 bits per heavy atom. The van der Waals surface area contributed by atoms with Crippen molar-refractivity contribution in [1.82, 2.24) is 0 Å². The Morgan fingerprint density at radius 3 is 1.93 bits per heavy atom. The number of hydrogen-bond donors (Lipinski definition) is 6. The summed E-state index contributed by atoms with van der Waals surface area (Å²) in [6.07, 6.45) is -8.50. The maximum atomic E-state index is 11.9. The predicted octanol–water partition coefficient (Wildman–Crippen LogP) is -4.92. The molecule has 2 saturated heterocycles. The molecule has 0 aromatic heterocycles. The van der Waals surface area contributed by atoms with Gasteiger partial charge in [-0.15, -0.1) is 0 Å². The number of aliphatic carboxylic acids is 1. The predicted molar refractivity (Wildman–Crippen MR) is 133 cm³/mol. The number of carbonyl (C=O) groups excluding carboxylic acids is 1. The molecule has 13 atom stereocenters. The van der Waals surface area contributed by atoms with Crippen molar-refractivity contribution in [2.75, 3.05) is 6.61 Å². The van der Waals surface area contributed by atoms with E-state index in [1.807, 2.05) is 0 Å². The van der Waals surface area contributed by atoms with Crippen LogP contribution in [0.25, 0.3) is 0 Å². The summed E-state index contributed by atoms with van der Waals surface area (Å²) < 4.78 is 29.1. The number of carboxylic acid groups (broad SMARTS) is 1. The van der Waals surface area contributed by atoms with E-state index in [4.69, 9.17) is 23.7 Å². The van der Waals surface area contributed by atoms with Gasteiger partial charge in [0, 0.05) is 0 Å². The van der Waals surface area contributed by atoms with Crippen molar-refractivity contribution >= 4 is 5.97 Å². The van der Waals surface area contributed by atoms with Crippen LogP contribution in [0.5, 0.6) is 0 Å². The molecule has 4 fully saturated rings. The minimum absolute atomic E-state index is 0. The molecule has 0 bridgehead atoms. The summed E-state index contributed by atoms with van der Waals surface area (Å²) in [5.41, 5.74) is 0. The van der Waals surface area contributed by atoms with Gasteiger partial charge in [0.25, 0.3) is 0 Å². The minimum atomic E-state index is -1.60. The van der Waals surface area contributed by atoms with Crippen molar-refractivity contribution in [3.8, 4) is 0 Å². The molecule has 0 radical (unpaired) electrons. The standard InChI is InChI=1S/C27H46O13.Na/c1-13-19(29)21(31)22(32)26(36-13)38-15-9-5-6-10-16(15)39-27-23(33)24(20(30)18(12-28)40-27)37-17(25(34)35)11-14-7-3-2-4-8-14;/h13-24,26-33H,2-12H2,1H3,(H,34,35);/q;+1/p-1/t13-,15+,16+,17-,18-,19+,20-,21-,22-,23-,24-,26-,27+;/m0./s1. The molecular weight excluding hydrogens is 555 g/mol. The van der Waals surface area contributed by atoms with Crippen LogP contribution in [0.1, 0.15) is 71.1 Å². The molecule has 0 aromatic rings. The molecular formula is C27H45NaO13. The van der Waals surface area contributed by atoms with Gasteiger partial charge in [-0.05, 0) is 32.1 Å². The summed E-state index contributed by atoms with van der Waals surface area (Å²) in [4.78, 5) is 11.9. The Morgan fingerprint density at radius 2 is 1.37 bits per heavy atom. The van der Waals surface area contributed by atoms with Crippen LogP contribution in [-0.4, -0.2) is 123 Å². The van der Waals surface area contributed by atoms with Crippen LogP contribution in [0.15, 0.2) is 0 Å². The summed E-state index contributed by atoms with van der Waals surface area (Å²) in [6, 6.07) is 0. The summed E-state index contributed by atoms with van der Waals surface area (Å²) in [5, 5.41) is 74.2.